The topological polar surface area (TPSA) is 32.8 Å². The summed E-state index contributed by atoms with van der Waals surface area (Å²) in [5, 5.41) is 0. The number of carbonyl (C=O) groups excluding carboxylic acids is 1. The number of aryl methyl sites for hydroxylation is 1. The third kappa shape index (κ3) is 2.52. The Hall–Kier alpha value is -2.24. The van der Waals surface area contributed by atoms with Crippen molar-refractivity contribution in [1.29, 1.82) is 0 Å². The summed E-state index contributed by atoms with van der Waals surface area (Å²) in [7, 11) is 0. The molecule has 4 nitrogen and oxygen atoms in total. The molecule has 1 amide bonds. The quantitative estimate of drug-likeness (QED) is 0.835. The molecule has 3 saturated heterocycles. The lowest BCUT2D eigenvalue weighted by molar-refractivity contribution is -0.138. The number of hydrogen-bond donors (Lipinski definition) is 0. The maximum absolute atomic E-state index is 13.6. The molecule has 0 bridgehead atoms. The molecule has 0 saturated carbocycles. The van der Waals surface area contributed by atoms with Crippen molar-refractivity contribution in [2.24, 2.45) is 0 Å². The number of rotatable bonds is 3. The molecule has 3 aliphatic heterocycles. The second-order valence-electron chi connectivity index (χ2n) is 7.87. The van der Waals surface area contributed by atoms with Gasteiger partial charge in [0.25, 0.3) is 0 Å². The van der Waals surface area contributed by atoms with E-state index in [9.17, 15) is 9.18 Å². The smallest absolute Gasteiger partial charge is 0.227 e. The molecule has 5 heteroatoms. The maximum atomic E-state index is 13.6. The number of hydrogen-bond acceptors (Lipinski definition) is 3. The van der Waals surface area contributed by atoms with E-state index < -0.39 is 5.72 Å². The van der Waals surface area contributed by atoms with Gasteiger partial charge in [-0.2, -0.15) is 0 Å². The molecule has 140 valence electrons. The van der Waals surface area contributed by atoms with Gasteiger partial charge in [-0.05, 0) is 29.7 Å². The van der Waals surface area contributed by atoms with Crippen LogP contribution in [0, 0.1) is 12.7 Å². The van der Waals surface area contributed by atoms with Gasteiger partial charge in [0.1, 0.15) is 5.82 Å². The molecule has 0 aliphatic carbocycles. The molecule has 0 N–H and O–H groups in total. The van der Waals surface area contributed by atoms with Gasteiger partial charge >= 0.3 is 0 Å². The molecule has 0 aromatic heterocycles. The van der Waals surface area contributed by atoms with Crippen molar-refractivity contribution in [2.45, 2.75) is 44.1 Å². The summed E-state index contributed by atoms with van der Waals surface area (Å²) in [6.45, 7) is 3.94. The van der Waals surface area contributed by atoms with Crippen LogP contribution in [0.15, 0.2) is 48.5 Å². The highest BCUT2D eigenvalue weighted by molar-refractivity contribution is 5.82. The number of amides is 1. The highest BCUT2D eigenvalue weighted by Crippen LogP contribution is 2.51. The van der Waals surface area contributed by atoms with Crippen molar-refractivity contribution in [1.82, 2.24) is 9.80 Å². The Balaban J connectivity index is 1.41. The predicted octanol–water partition coefficient (Wildman–Crippen LogP) is 3.41. The van der Waals surface area contributed by atoms with E-state index in [1.807, 2.05) is 35.2 Å². The molecular weight excluding hydrogens is 343 g/mol. The van der Waals surface area contributed by atoms with Gasteiger partial charge in [0.2, 0.25) is 5.91 Å². The van der Waals surface area contributed by atoms with Crippen LogP contribution in [0.5, 0.6) is 0 Å². The van der Waals surface area contributed by atoms with Crippen LogP contribution in [-0.2, 0) is 16.1 Å². The van der Waals surface area contributed by atoms with Crippen LogP contribution < -0.4 is 0 Å². The Morgan fingerprint density at radius 1 is 1.22 bits per heavy atom. The predicted molar refractivity (Wildman–Crippen MR) is 99.3 cm³/mol. The zero-order chi connectivity index (χ0) is 18.6. The fraction of sp³-hybridized carbons (Fsp3) is 0.409. The SMILES string of the molecule is Cc1cc(CN2CC[C@@]34OC[C@@H](c5ccccc5)N3C(=O)C[C@@H]24)ccc1F. The van der Waals surface area contributed by atoms with Crippen LogP contribution in [0.25, 0.3) is 0 Å². The number of likely N-dealkylation sites (tertiary alicyclic amines) is 1. The molecule has 0 unspecified atom stereocenters. The number of halogens is 1. The molecule has 3 atom stereocenters. The first-order chi connectivity index (χ1) is 13.1. The van der Waals surface area contributed by atoms with Crippen LogP contribution in [0.3, 0.4) is 0 Å². The summed E-state index contributed by atoms with van der Waals surface area (Å²) in [6, 6.07) is 15.5. The van der Waals surface area contributed by atoms with Crippen LogP contribution in [0.1, 0.15) is 35.6 Å². The summed E-state index contributed by atoms with van der Waals surface area (Å²) in [6.07, 6.45) is 1.32. The maximum Gasteiger partial charge on any atom is 0.227 e. The average molecular weight is 366 g/mol. The lowest BCUT2D eigenvalue weighted by atomic mass is 10.0. The molecule has 27 heavy (non-hydrogen) atoms. The van der Waals surface area contributed by atoms with E-state index in [2.05, 4.69) is 17.0 Å². The van der Waals surface area contributed by atoms with Gasteiger partial charge in [0.05, 0.1) is 18.7 Å². The molecule has 3 aliphatic rings. The van der Waals surface area contributed by atoms with Gasteiger partial charge in [-0.15, -0.1) is 0 Å². The number of benzene rings is 2. The minimum Gasteiger partial charge on any atom is -0.351 e. The lowest BCUT2D eigenvalue weighted by Crippen LogP contribution is -2.48. The summed E-state index contributed by atoms with van der Waals surface area (Å²) < 4.78 is 19.9. The lowest BCUT2D eigenvalue weighted by Gasteiger charge is -2.33. The summed E-state index contributed by atoms with van der Waals surface area (Å²) in [4.78, 5) is 17.2. The standard InChI is InChI=1S/C22H23FN2O2/c1-15-11-16(7-8-18(15)23)13-24-10-9-22-20(24)12-21(26)25(22)19(14-27-22)17-5-3-2-4-6-17/h2-8,11,19-20H,9-10,12-14H2,1H3/t19-,20+,22-/m0/s1. The van der Waals surface area contributed by atoms with E-state index in [4.69, 9.17) is 4.74 Å². The number of carbonyl (C=O) groups is 1. The summed E-state index contributed by atoms with van der Waals surface area (Å²) in [5.41, 5.74) is 2.37. The van der Waals surface area contributed by atoms with Gasteiger partial charge in [0, 0.05) is 25.9 Å². The minimum absolute atomic E-state index is 0.00304. The Labute approximate surface area is 158 Å². The fourth-order valence-corrected chi connectivity index (χ4v) is 5.08. The van der Waals surface area contributed by atoms with E-state index in [1.54, 1.807) is 6.92 Å². The zero-order valence-corrected chi connectivity index (χ0v) is 15.4. The van der Waals surface area contributed by atoms with Crippen molar-refractivity contribution in [3.05, 3.63) is 71.0 Å². The average Bonchev–Trinajstić information content (AvgIpc) is 3.29. The molecule has 2 aromatic rings. The second-order valence-corrected chi connectivity index (χ2v) is 7.87. The van der Waals surface area contributed by atoms with E-state index >= 15 is 0 Å². The highest BCUT2D eigenvalue weighted by atomic mass is 19.1. The van der Waals surface area contributed by atoms with Crippen molar-refractivity contribution in [3.63, 3.8) is 0 Å². The first-order valence-corrected chi connectivity index (χ1v) is 9.59. The Morgan fingerprint density at radius 2 is 2.04 bits per heavy atom. The highest BCUT2D eigenvalue weighted by Gasteiger charge is 2.64. The fourth-order valence-electron chi connectivity index (χ4n) is 5.08. The number of nitrogens with zero attached hydrogens (tertiary/aromatic N) is 2. The molecule has 3 heterocycles. The molecular formula is C22H23FN2O2. The third-order valence-corrected chi connectivity index (χ3v) is 6.36. The largest absolute Gasteiger partial charge is 0.351 e. The van der Waals surface area contributed by atoms with Crippen LogP contribution in [0.2, 0.25) is 0 Å². The molecule has 1 spiro atoms. The molecule has 3 fully saturated rings. The molecule has 0 radical (unpaired) electrons. The second kappa shape index (κ2) is 6.14. The van der Waals surface area contributed by atoms with Crippen molar-refractivity contribution < 1.29 is 13.9 Å². The van der Waals surface area contributed by atoms with E-state index in [0.717, 1.165) is 24.1 Å². The number of ether oxygens (including phenoxy) is 1. The molecule has 2 aromatic carbocycles. The van der Waals surface area contributed by atoms with Gasteiger partial charge < -0.3 is 9.64 Å². The summed E-state index contributed by atoms with van der Waals surface area (Å²) >= 11 is 0. The van der Waals surface area contributed by atoms with Gasteiger partial charge in [-0.1, -0.05) is 42.5 Å². The van der Waals surface area contributed by atoms with Crippen molar-refractivity contribution >= 4 is 5.91 Å². The van der Waals surface area contributed by atoms with Crippen LogP contribution in [0.4, 0.5) is 4.39 Å². The zero-order valence-electron chi connectivity index (χ0n) is 15.4. The van der Waals surface area contributed by atoms with Gasteiger partial charge in [0.15, 0.2) is 5.72 Å². The first-order valence-electron chi connectivity index (χ1n) is 9.59. The van der Waals surface area contributed by atoms with E-state index in [-0.39, 0.29) is 23.8 Å². The van der Waals surface area contributed by atoms with E-state index in [0.29, 0.717) is 25.1 Å². The normalized spacial score (nSPS) is 30.0. The van der Waals surface area contributed by atoms with Crippen molar-refractivity contribution in [3.8, 4) is 0 Å². The van der Waals surface area contributed by atoms with Gasteiger partial charge in [-0.25, -0.2) is 4.39 Å². The van der Waals surface area contributed by atoms with Crippen molar-refractivity contribution in [2.75, 3.05) is 13.2 Å². The Morgan fingerprint density at radius 3 is 2.81 bits per heavy atom. The third-order valence-electron chi connectivity index (χ3n) is 6.36. The molecule has 5 rings (SSSR count). The van der Waals surface area contributed by atoms with Gasteiger partial charge in [-0.3, -0.25) is 9.69 Å². The van der Waals surface area contributed by atoms with E-state index in [1.165, 1.54) is 6.07 Å². The Kier molecular flexibility index (Phi) is 3.85. The minimum atomic E-state index is -0.507. The summed E-state index contributed by atoms with van der Waals surface area (Å²) in [5.74, 6) is -0.00460. The first kappa shape index (κ1) is 16.9. The van der Waals surface area contributed by atoms with Crippen LogP contribution >= 0.6 is 0 Å². The monoisotopic (exact) mass is 366 g/mol. The van der Waals surface area contributed by atoms with Crippen LogP contribution in [-0.4, -0.2) is 40.6 Å². The Bertz CT molecular complexity index is 887.